The third-order valence-electron chi connectivity index (χ3n) is 0.754. The molecule has 0 bridgehead atoms. The molecule has 0 N–H and O–H groups in total. The van der Waals surface area contributed by atoms with E-state index < -0.39 is 8.07 Å². The molecule has 0 aromatic carbocycles. The topological polar surface area (TPSA) is 0 Å². The predicted octanol–water partition coefficient (Wildman–Crippen LogP) is 2.01. The Morgan fingerprint density at radius 3 is 2.00 bits per heavy atom. The highest BCUT2D eigenvalue weighted by atomic mass is 28.3. The van der Waals surface area contributed by atoms with Crippen LogP contribution in [0.5, 0.6) is 0 Å². The minimum Gasteiger partial charge on any atom is -0.108 e. The van der Waals surface area contributed by atoms with Gasteiger partial charge < -0.3 is 0 Å². The second-order valence-electron chi connectivity index (χ2n) is 3.00. The van der Waals surface area contributed by atoms with Gasteiger partial charge >= 0.3 is 0 Å². The zero-order valence-electron chi connectivity index (χ0n) is 5.94. The third-order valence-corrected chi connectivity index (χ3v) is 2.26. The summed E-state index contributed by atoms with van der Waals surface area (Å²) in [6.07, 6.45) is 2.23. The highest BCUT2D eigenvalue weighted by Crippen LogP contribution is 2.01. The molecular formula is C6H13AlSi. The molecule has 0 spiro atoms. The lowest BCUT2D eigenvalue weighted by Crippen LogP contribution is -2.15. The van der Waals surface area contributed by atoms with E-state index in [1.165, 1.54) is 0 Å². The number of rotatable bonds is 2. The SMILES string of the molecule is C[Si](C)(C)/C=C/[CH2][Al]. The summed E-state index contributed by atoms with van der Waals surface area (Å²) >= 11 is 2.69. The van der Waals surface area contributed by atoms with Crippen LogP contribution in [-0.4, -0.2) is 24.4 Å². The van der Waals surface area contributed by atoms with Gasteiger partial charge in [-0.25, -0.2) is 0 Å². The van der Waals surface area contributed by atoms with Gasteiger partial charge in [-0.2, -0.15) is 0 Å². The summed E-state index contributed by atoms with van der Waals surface area (Å²) in [6, 6.07) is 0. The molecule has 0 aliphatic rings. The number of allylic oxidation sites excluding steroid dienone is 1. The van der Waals surface area contributed by atoms with E-state index in [1.807, 2.05) is 0 Å². The van der Waals surface area contributed by atoms with Crippen LogP contribution in [0.3, 0.4) is 0 Å². The van der Waals surface area contributed by atoms with E-state index in [4.69, 9.17) is 0 Å². The van der Waals surface area contributed by atoms with E-state index in [0.29, 0.717) is 0 Å². The first-order valence-corrected chi connectivity index (χ1v) is 7.33. The van der Waals surface area contributed by atoms with Crippen LogP contribution in [0.4, 0.5) is 0 Å². The first-order valence-electron chi connectivity index (χ1n) is 2.94. The zero-order valence-corrected chi connectivity index (χ0v) is 8.09. The van der Waals surface area contributed by atoms with Crippen molar-refractivity contribution in [3.05, 3.63) is 11.8 Å². The molecule has 0 aromatic rings. The van der Waals surface area contributed by atoms with E-state index in [0.717, 1.165) is 5.28 Å². The van der Waals surface area contributed by atoms with Crippen molar-refractivity contribution in [2.75, 3.05) is 0 Å². The Morgan fingerprint density at radius 2 is 1.88 bits per heavy atom. The van der Waals surface area contributed by atoms with Crippen LogP contribution in [0.1, 0.15) is 0 Å². The van der Waals surface area contributed by atoms with Crippen LogP contribution in [-0.2, 0) is 0 Å². The Labute approximate surface area is 61.4 Å². The van der Waals surface area contributed by atoms with Gasteiger partial charge in [-0.3, -0.25) is 0 Å². The first-order chi connectivity index (χ1) is 3.56. The Morgan fingerprint density at radius 1 is 1.38 bits per heavy atom. The molecule has 0 nitrogen and oxygen atoms in total. The molecule has 0 unspecified atom stereocenters. The number of hydrogen-bond acceptors (Lipinski definition) is 0. The minimum absolute atomic E-state index is 0.872. The van der Waals surface area contributed by atoms with Crippen molar-refractivity contribution < 1.29 is 0 Å². The second kappa shape index (κ2) is 3.50. The molecule has 0 aromatic heterocycles. The van der Waals surface area contributed by atoms with E-state index in [9.17, 15) is 0 Å². The van der Waals surface area contributed by atoms with Crippen LogP contribution in [0.25, 0.3) is 0 Å². The predicted molar refractivity (Wildman–Crippen MR) is 43.0 cm³/mol. The highest BCUT2D eigenvalue weighted by Gasteiger charge is 2.04. The van der Waals surface area contributed by atoms with Crippen LogP contribution < -0.4 is 0 Å². The van der Waals surface area contributed by atoms with E-state index in [2.05, 4.69) is 47.7 Å². The highest BCUT2D eigenvalue weighted by molar-refractivity contribution is 6.80. The first kappa shape index (κ1) is 8.49. The van der Waals surface area contributed by atoms with Gasteiger partial charge in [0.15, 0.2) is 0 Å². The molecule has 2 heteroatoms. The van der Waals surface area contributed by atoms with E-state index in [-0.39, 0.29) is 0 Å². The summed E-state index contributed by atoms with van der Waals surface area (Å²) in [5.41, 5.74) is 2.36. The van der Waals surface area contributed by atoms with Gasteiger partial charge in [0.25, 0.3) is 0 Å². The fourth-order valence-electron chi connectivity index (χ4n) is 0.422. The summed E-state index contributed by atoms with van der Waals surface area (Å²) in [4.78, 5) is 0. The van der Waals surface area contributed by atoms with Gasteiger partial charge in [0, 0.05) is 0 Å². The molecule has 0 fully saturated rings. The third kappa shape index (κ3) is 6.49. The molecule has 8 heavy (non-hydrogen) atoms. The molecule has 0 saturated heterocycles. The Kier molecular flexibility index (Phi) is 3.72. The van der Waals surface area contributed by atoms with E-state index in [1.54, 1.807) is 0 Å². The van der Waals surface area contributed by atoms with Crippen molar-refractivity contribution in [2.24, 2.45) is 0 Å². The largest absolute Gasteiger partial charge is 0.124 e. The van der Waals surface area contributed by atoms with Crippen molar-refractivity contribution in [1.29, 1.82) is 0 Å². The van der Waals surface area contributed by atoms with Gasteiger partial charge in [-0.1, -0.05) is 19.6 Å². The average molecular weight is 140 g/mol. The maximum absolute atomic E-state index is 2.69. The standard InChI is InChI=1S/C6H13Si.Al/c1-5-6-7(2,3)4;/h5-6H,1H2,2-4H3;/b6-5+;. The zero-order chi connectivity index (χ0) is 6.62. The van der Waals surface area contributed by atoms with Crippen LogP contribution in [0, 0.1) is 0 Å². The van der Waals surface area contributed by atoms with Crippen LogP contribution in [0.2, 0.25) is 24.9 Å². The summed E-state index contributed by atoms with van der Waals surface area (Å²) < 4.78 is 0. The van der Waals surface area contributed by atoms with Crippen LogP contribution in [0.15, 0.2) is 11.8 Å². The normalized spacial score (nSPS) is 12.9. The van der Waals surface area contributed by atoms with Crippen molar-refractivity contribution in [3.63, 3.8) is 0 Å². The summed E-state index contributed by atoms with van der Waals surface area (Å²) in [6.45, 7) is 7.01. The maximum Gasteiger partial charge on any atom is 0.124 e. The summed E-state index contributed by atoms with van der Waals surface area (Å²) in [5, 5.41) is 1.10. The van der Waals surface area contributed by atoms with Crippen LogP contribution >= 0.6 is 0 Å². The van der Waals surface area contributed by atoms with Gasteiger partial charge in [-0.05, 0) is 0 Å². The van der Waals surface area contributed by atoms with E-state index >= 15 is 0 Å². The maximum atomic E-state index is 2.69. The second-order valence-corrected chi connectivity index (χ2v) is 8.54. The molecule has 2 radical (unpaired) electrons. The molecule has 44 valence electrons. The summed E-state index contributed by atoms with van der Waals surface area (Å²) in [7, 11) is -0.872. The molecule has 0 heterocycles. The lowest BCUT2D eigenvalue weighted by atomic mass is 10.8. The van der Waals surface area contributed by atoms with Crippen molar-refractivity contribution in [1.82, 2.24) is 0 Å². The van der Waals surface area contributed by atoms with Crippen molar-refractivity contribution in [3.8, 4) is 0 Å². The molecule has 0 atom stereocenters. The monoisotopic (exact) mass is 140 g/mol. The molecule has 0 aliphatic carbocycles. The van der Waals surface area contributed by atoms with Crippen molar-refractivity contribution >= 4 is 24.4 Å². The van der Waals surface area contributed by atoms with Crippen molar-refractivity contribution in [2.45, 2.75) is 24.9 Å². The fourth-order valence-corrected chi connectivity index (χ4v) is 1.67. The lowest BCUT2D eigenvalue weighted by Gasteiger charge is -2.06. The van der Waals surface area contributed by atoms with Gasteiger partial charge in [0.2, 0.25) is 0 Å². The Balaban J connectivity index is 3.52. The lowest BCUT2D eigenvalue weighted by molar-refractivity contribution is 1.68. The molecule has 0 amide bonds. The van der Waals surface area contributed by atoms with Gasteiger partial charge in [0.05, 0.1) is 8.07 Å². The summed E-state index contributed by atoms with van der Waals surface area (Å²) in [5.74, 6) is 0. The average Bonchev–Trinajstić information content (AvgIpc) is 1.59. The molecule has 0 aliphatic heterocycles. The minimum atomic E-state index is -0.872. The Bertz CT molecular complexity index is 81.0. The Hall–Kier alpha value is 0.489. The van der Waals surface area contributed by atoms with Gasteiger partial charge in [-0.15, -0.1) is 17.1 Å². The quantitative estimate of drug-likeness (QED) is 0.515. The number of hydrogen-bond donors (Lipinski definition) is 0. The fraction of sp³-hybridized carbons (Fsp3) is 0.667. The molecular weight excluding hydrogens is 127 g/mol. The molecule has 0 saturated carbocycles. The molecule has 0 rings (SSSR count). The van der Waals surface area contributed by atoms with Gasteiger partial charge in [0.1, 0.15) is 16.3 Å². The smallest absolute Gasteiger partial charge is 0.108 e.